The van der Waals surface area contributed by atoms with E-state index in [-0.39, 0.29) is 24.0 Å². The summed E-state index contributed by atoms with van der Waals surface area (Å²) in [5, 5.41) is 15.2. The van der Waals surface area contributed by atoms with Crippen LogP contribution in [0.3, 0.4) is 0 Å². The van der Waals surface area contributed by atoms with E-state index in [0.29, 0.717) is 18.8 Å². The second-order valence-electron chi connectivity index (χ2n) is 5.91. The molecule has 0 saturated carbocycles. The quantitative estimate of drug-likeness (QED) is 0.317. The maximum absolute atomic E-state index is 12.4. The van der Waals surface area contributed by atoms with Gasteiger partial charge in [0, 0.05) is 6.54 Å². The number of carbonyl (C=O) groups is 2. The van der Waals surface area contributed by atoms with Gasteiger partial charge in [-0.25, -0.2) is 0 Å². The monoisotopic (exact) mass is 370 g/mol. The van der Waals surface area contributed by atoms with E-state index in [1.54, 1.807) is 19.2 Å². The van der Waals surface area contributed by atoms with E-state index in [1.807, 2.05) is 21.0 Å². The first-order valence-electron chi connectivity index (χ1n) is 8.80. The van der Waals surface area contributed by atoms with Gasteiger partial charge in [0.05, 0.1) is 41.3 Å². The zero-order chi connectivity index (χ0) is 20.1. The Labute approximate surface area is 155 Å². The lowest BCUT2D eigenvalue weighted by atomic mass is 9.97. The molecule has 0 saturated heterocycles. The number of hydrogen-bond acceptors (Lipinski definition) is 4. The Morgan fingerprint density at radius 2 is 1.85 bits per heavy atom. The van der Waals surface area contributed by atoms with Crippen LogP contribution in [0.5, 0.6) is 11.5 Å². The van der Waals surface area contributed by atoms with E-state index >= 15 is 0 Å². The Morgan fingerprint density at radius 1 is 1.23 bits per heavy atom. The number of hydrogen-bond donors (Lipinski definition) is 5. The van der Waals surface area contributed by atoms with Crippen molar-refractivity contribution >= 4 is 11.8 Å². The van der Waals surface area contributed by atoms with Gasteiger partial charge in [-0.15, -0.1) is 0 Å². The van der Waals surface area contributed by atoms with E-state index in [4.69, 9.17) is 4.74 Å². The van der Waals surface area contributed by atoms with Crippen molar-refractivity contribution in [2.45, 2.75) is 13.3 Å². The van der Waals surface area contributed by atoms with Crippen LogP contribution < -0.4 is 26.0 Å². The van der Waals surface area contributed by atoms with Crippen molar-refractivity contribution in [3.63, 3.8) is 0 Å². The van der Waals surface area contributed by atoms with Crippen LogP contribution in [0.2, 0.25) is 0 Å². The number of amides is 2. The predicted octanol–water partition coefficient (Wildman–Crippen LogP) is -2.19. The van der Waals surface area contributed by atoms with Crippen molar-refractivity contribution in [3.05, 3.63) is 23.8 Å². The molecule has 2 amide bonds. The zero-order valence-electron chi connectivity index (χ0n) is 16.5. The third-order valence-corrected chi connectivity index (χ3v) is 3.59. The second-order valence-corrected chi connectivity index (χ2v) is 5.91. The van der Waals surface area contributed by atoms with Crippen molar-refractivity contribution in [2.75, 3.05) is 47.9 Å². The van der Waals surface area contributed by atoms with Crippen LogP contribution in [0.4, 0.5) is 0 Å². The molecule has 0 aliphatic carbocycles. The number of phenols is 1. The maximum atomic E-state index is 12.4. The molecule has 0 aliphatic rings. The van der Waals surface area contributed by atoms with Gasteiger partial charge in [0.2, 0.25) is 11.8 Å². The van der Waals surface area contributed by atoms with Crippen LogP contribution in [-0.2, 0) is 16.0 Å². The van der Waals surface area contributed by atoms with Crippen LogP contribution >= 0.6 is 0 Å². The largest absolute Gasteiger partial charge is 0.504 e. The molecule has 1 unspecified atom stereocenters. The summed E-state index contributed by atoms with van der Waals surface area (Å²) in [6.07, 6.45) is 0.239. The smallest absolute Gasteiger partial charge is 0.233 e. The van der Waals surface area contributed by atoms with Crippen LogP contribution in [0, 0.1) is 5.92 Å². The molecule has 0 bridgehead atoms. The molecule has 1 rings (SSSR count). The number of phenolic OH excluding ortho intramolecular Hbond substituents is 1. The number of nitrogens with one attached hydrogen (secondary N) is 3. The van der Waals surface area contributed by atoms with E-state index in [2.05, 4.69) is 16.4 Å². The lowest BCUT2D eigenvalue weighted by molar-refractivity contribution is -0.856. The SMILES string of the molecule is CCNC(=O)C(Cc1ccc(O)c(OC)c1)C(=O)NCC[NH+](C)C.C[NH3+]. The molecule has 0 radical (unpaired) electrons. The first-order valence-corrected chi connectivity index (χ1v) is 8.80. The van der Waals surface area contributed by atoms with E-state index in [9.17, 15) is 14.7 Å². The zero-order valence-corrected chi connectivity index (χ0v) is 16.5. The molecule has 0 aromatic heterocycles. The highest BCUT2D eigenvalue weighted by atomic mass is 16.5. The van der Waals surface area contributed by atoms with E-state index < -0.39 is 5.92 Å². The first-order chi connectivity index (χ1) is 12.4. The predicted molar refractivity (Wildman–Crippen MR) is 100 cm³/mol. The highest BCUT2D eigenvalue weighted by Gasteiger charge is 2.26. The van der Waals surface area contributed by atoms with Crippen molar-refractivity contribution in [1.29, 1.82) is 0 Å². The van der Waals surface area contributed by atoms with Gasteiger partial charge in [-0.1, -0.05) is 6.07 Å². The second kappa shape index (κ2) is 13.0. The number of quaternary nitrogens is 2. The lowest BCUT2D eigenvalue weighted by Gasteiger charge is -2.17. The standard InChI is InChI=1S/C17H27N3O4.CH5N/c1-5-18-16(22)13(17(23)19-8-9-20(2)3)10-12-6-7-14(21)15(11-12)24-4;1-2/h6-7,11,13,21H,5,8-10H2,1-4H3,(H,18,22)(H,19,23);2H2,1H3/p+2. The number of carbonyl (C=O) groups excluding carboxylic acids is 2. The number of methoxy groups -OCH3 is 1. The van der Waals surface area contributed by atoms with E-state index in [1.165, 1.54) is 18.1 Å². The minimum Gasteiger partial charge on any atom is -0.504 e. The van der Waals surface area contributed by atoms with Crippen molar-refractivity contribution in [1.82, 2.24) is 10.6 Å². The molecule has 0 fully saturated rings. The molecule has 1 atom stereocenters. The third kappa shape index (κ3) is 8.17. The molecule has 8 heteroatoms. The fraction of sp³-hybridized carbons (Fsp3) is 0.556. The van der Waals surface area contributed by atoms with Gasteiger partial charge in [-0.2, -0.15) is 0 Å². The molecule has 8 nitrogen and oxygen atoms in total. The van der Waals surface area contributed by atoms with Gasteiger partial charge in [0.25, 0.3) is 0 Å². The Balaban J connectivity index is 0.00000301. The maximum Gasteiger partial charge on any atom is 0.233 e. The fourth-order valence-corrected chi connectivity index (χ4v) is 2.25. The van der Waals surface area contributed by atoms with Crippen LogP contribution in [0.15, 0.2) is 18.2 Å². The van der Waals surface area contributed by atoms with Gasteiger partial charge in [0.1, 0.15) is 5.92 Å². The average Bonchev–Trinajstić information content (AvgIpc) is 2.62. The molecule has 1 aromatic rings. The summed E-state index contributed by atoms with van der Waals surface area (Å²) < 4.78 is 5.07. The van der Waals surface area contributed by atoms with Gasteiger partial charge in [-0.05, 0) is 31.0 Å². The highest BCUT2D eigenvalue weighted by molar-refractivity contribution is 6.00. The minimum atomic E-state index is -0.823. The van der Waals surface area contributed by atoms with Crippen molar-refractivity contribution < 1.29 is 30.1 Å². The van der Waals surface area contributed by atoms with Crippen molar-refractivity contribution in [3.8, 4) is 11.5 Å². The van der Waals surface area contributed by atoms with Gasteiger partial charge in [0.15, 0.2) is 11.5 Å². The summed E-state index contributed by atoms with van der Waals surface area (Å²) >= 11 is 0. The molecule has 0 spiro atoms. The summed E-state index contributed by atoms with van der Waals surface area (Å²) in [5.74, 6) is -1.09. The number of aromatic hydroxyl groups is 1. The molecule has 1 aromatic carbocycles. The number of likely N-dealkylation sites (N-methyl/N-ethyl adjacent to an activating group) is 1. The lowest BCUT2D eigenvalue weighted by Crippen LogP contribution is -3.06. The van der Waals surface area contributed by atoms with Crippen molar-refractivity contribution in [2.24, 2.45) is 5.92 Å². The highest BCUT2D eigenvalue weighted by Crippen LogP contribution is 2.27. The molecule has 148 valence electrons. The summed E-state index contributed by atoms with van der Waals surface area (Å²) in [5.41, 5.74) is 3.99. The van der Waals surface area contributed by atoms with Gasteiger partial charge in [-0.3, -0.25) is 9.59 Å². The Bertz CT molecular complexity index is 564. The fourth-order valence-electron chi connectivity index (χ4n) is 2.25. The summed E-state index contributed by atoms with van der Waals surface area (Å²) in [4.78, 5) is 25.9. The van der Waals surface area contributed by atoms with Crippen LogP contribution in [0.25, 0.3) is 0 Å². The van der Waals surface area contributed by atoms with E-state index in [0.717, 1.165) is 12.1 Å². The number of rotatable bonds is 9. The van der Waals surface area contributed by atoms with Crippen LogP contribution in [0.1, 0.15) is 12.5 Å². The molecule has 0 aliphatic heterocycles. The Hall–Kier alpha value is -2.32. The van der Waals surface area contributed by atoms with Gasteiger partial charge < -0.3 is 31.1 Å². The Morgan fingerprint density at radius 3 is 2.38 bits per heavy atom. The molecule has 26 heavy (non-hydrogen) atoms. The summed E-state index contributed by atoms with van der Waals surface area (Å²) in [6.45, 7) is 3.56. The topological polar surface area (TPSA) is 120 Å². The van der Waals surface area contributed by atoms with Crippen LogP contribution in [-0.4, -0.2) is 64.8 Å². The number of ether oxygens (including phenoxy) is 1. The number of benzene rings is 1. The molecular formula is C18H34N4O4+2. The molecule has 0 heterocycles. The normalized spacial score (nSPS) is 11.2. The molecule has 7 N–H and O–H groups in total. The first kappa shape index (κ1) is 23.7. The third-order valence-electron chi connectivity index (χ3n) is 3.59. The molecular weight excluding hydrogens is 336 g/mol. The summed E-state index contributed by atoms with van der Waals surface area (Å²) in [6, 6.07) is 4.82. The minimum absolute atomic E-state index is 0.0224. The Kier molecular flexibility index (Phi) is 11.8. The summed E-state index contributed by atoms with van der Waals surface area (Å²) in [7, 11) is 7.20. The van der Waals surface area contributed by atoms with Gasteiger partial charge >= 0.3 is 0 Å². The average molecular weight is 370 g/mol.